The van der Waals surface area contributed by atoms with Crippen molar-refractivity contribution in [1.29, 1.82) is 5.41 Å². The van der Waals surface area contributed by atoms with Crippen LogP contribution in [0.2, 0.25) is 0 Å². The smallest absolute Gasteiger partial charge is 0.0926 e. The Morgan fingerprint density at radius 1 is 1.75 bits per heavy atom. The van der Waals surface area contributed by atoms with Crippen LogP contribution in [0.1, 0.15) is 25.8 Å². The number of amidine groups is 1. The first-order chi connectivity index (χ1) is 5.74. The first-order valence-electron chi connectivity index (χ1n) is 4.06. The SMILES string of the molecule is CCC(CC(=N)N)n1cccn1. The minimum Gasteiger partial charge on any atom is -0.388 e. The van der Waals surface area contributed by atoms with E-state index < -0.39 is 0 Å². The van der Waals surface area contributed by atoms with E-state index in [-0.39, 0.29) is 11.9 Å². The number of aromatic nitrogens is 2. The van der Waals surface area contributed by atoms with Crippen LogP contribution in [0.4, 0.5) is 0 Å². The summed E-state index contributed by atoms with van der Waals surface area (Å²) < 4.78 is 1.85. The fourth-order valence-corrected chi connectivity index (χ4v) is 1.18. The van der Waals surface area contributed by atoms with Gasteiger partial charge in [-0.15, -0.1) is 0 Å². The molecule has 1 atom stereocenters. The maximum absolute atomic E-state index is 7.17. The molecule has 4 heteroatoms. The molecular weight excluding hydrogens is 152 g/mol. The van der Waals surface area contributed by atoms with Crippen LogP contribution in [0, 0.1) is 5.41 Å². The lowest BCUT2D eigenvalue weighted by Gasteiger charge is -2.13. The molecular formula is C8H14N4. The number of hydrogen-bond acceptors (Lipinski definition) is 2. The summed E-state index contributed by atoms with van der Waals surface area (Å²) in [4.78, 5) is 0. The summed E-state index contributed by atoms with van der Waals surface area (Å²) in [6.07, 6.45) is 5.17. The molecule has 0 radical (unpaired) electrons. The highest BCUT2D eigenvalue weighted by Gasteiger charge is 2.08. The normalized spacial score (nSPS) is 12.8. The second kappa shape index (κ2) is 3.90. The zero-order valence-electron chi connectivity index (χ0n) is 7.20. The Balaban J connectivity index is 2.63. The van der Waals surface area contributed by atoms with Gasteiger partial charge in [-0.05, 0) is 12.5 Å². The Hall–Kier alpha value is -1.32. The van der Waals surface area contributed by atoms with Crippen LogP contribution in [-0.4, -0.2) is 15.6 Å². The average Bonchev–Trinajstić information content (AvgIpc) is 2.51. The van der Waals surface area contributed by atoms with Gasteiger partial charge in [0, 0.05) is 18.8 Å². The first kappa shape index (κ1) is 8.77. The molecule has 1 aromatic heterocycles. The van der Waals surface area contributed by atoms with E-state index in [1.807, 2.05) is 16.9 Å². The van der Waals surface area contributed by atoms with E-state index in [0.717, 1.165) is 6.42 Å². The standard InChI is InChI=1S/C8H14N4/c1-2-7(6-8(9)10)12-5-3-4-11-12/h3-5,7H,2,6H2,1H3,(H3,9,10). The number of nitrogens with zero attached hydrogens (tertiary/aromatic N) is 2. The second-order valence-corrected chi connectivity index (χ2v) is 2.78. The van der Waals surface area contributed by atoms with Gasteiger partial charge >= 0.3 is 0 Å². The van der Waals surface area contributed by atoms with Crippen molar-refractivity contribution >= 4 is 5.84 Å². The van der Waals surface area contributed by atoms with Crippen LogP contribution in [0.15, 0.2) is 18.5 Å². The Kier molecular flexibility index (Phi) is 2.85. The topological polar surface area (TPSA) is 67.7 Å². The van der Waals surface area contributed by atoms with Crippen molar-refractivity contribution in [1.82, 2.24) is 9.78 Å². The molecule has 0 aliphatic heterocycles. The Labute approximate surface area is 71.9 Å². The second-order valence-electron chi connectivity index (χ2n) is 2.78. The zero-order valence-corrected chi connectivity index (χ0v) is 7.20. The third-order valence-corrected chi connectivity index (χ3v) is 1.83. The molecule has 0 saturated carbocycles. The molecule has 1 rings (SSSR count). The summed E-state index contributed by atoms with van der Waals surface area (Å²) in [7, 11) is 0. The van der Waals surface area contributed by atoms with Crippen LogP contribution in [-0.2, 0) is 0 Å². The molecule has 66 valence electrons. The minimum atomic E-state index is 0.220. The lowest BCUT2D eigenvalue weighted by molar-refractivity contribution is 0.453. The number of hydrogen-bond donors (Lipinski definition) is 2. The van der Waals surface area contributed by atoms with E-state index in [1.54, 1.807) is 6.20 Å². The van der Waals surface area contributed by atoms with Crippen molar-refractivity contribution in [3.8, 4) is 0 Å². The van der Waals surface area contributed by atoms with E-state index in [1.165, 1.54) is 0 Å². The summed E-state index contributed by atoms with van der Waals surface area (Å²) in [5, 5.41) is 11.3. The molecule has 0 amide bonds. The summed E-state index contributed by atoms with van der Waals surface area (Å²) in [6.45, 7) is 2.06. The van der Waals surface area contributed by atoms with Crippen molar-refractivity contribution in [3.05, 3.63) is 18.5 Å². The average molecular weight is 166 g/mol. The first-order valence-corrected chi connectivity index (χ1v) is 4.06. The van der Waals surface area contributed by atoms with E-state index in [0.29, 0.717) is 6.42 Å². The number of nitrogens with two attached hydrogens (primary N) is 1. The van der Waals surface area contributed by atoms with Gasteiger partial charge in [-0.3, -0.25) is 10.1 Å². The molecule has 12 heavy (non-hydrogen) atoms. The third kappa shape index (κ3) is 2.08. The lowest BCUT2D eigenvalue weighted by atomic mass is 10.1. The molecule has 3 N–H and O–H groups in total. The van der Waals surface area contributed by atoms with Crippen molar-refractivity contribution in [3.63, 3.8) is 0 Å². The highest BCUT2D eigenvalue weighted by Crippen LogP contribution is 2.13. The van der Waals surface area contributed by atoms with Gasteiger partial charge in [-0.25, -0.2) is 0 Å². The molecule has 1 aromatic rings. The van der Waals surface area contributed by atoms with Gasteiger partial charge in [-0.2, -0.15) is 5.10 Å². The molecule has 0 spiro atoms. The van der Waals surface area contributed by atoms with Crippen LogP contribution in [0.5, 0.6) is 0 Å². The molecule has 0 aromatic carbocycles. The fourth-order valence-electron chi connectivity index (χ4n) is 1.18. The van der Waals surface area contributed by atoms with Crippen molar-refractivity contribution in [2.24, 2.45) is 5.73 Å². The minimum absolute atomic E-state index is 0.220. The summed E-state index contributed by atoms with van der Waals surface area (Å²) in [5.41, 5.74) is 5.32. The molecule has 0 saturated heterocycles. The number of nitrogens with one attached hydrogen (secondary N) is 1. The summed E-state index contributed by atoms with van der Waals surface area (Å²) >= 11 is 0. The lowest BCUT2D eigenvalue weighted by Crippen LogP contribution is -2.18. The molecule has 0 aliphatic carbocycles. The quantitative estimate of drug-likeness (QED) is 0.520. The van der Waals surface area contributed by atoms with Gasteiger partial charge < -0.3 is 5.73 Å². The largest absolute Gasteiger partial charge is 0.388 e. The Morgan fingerprint density at radius 2 is 2.50 bits per heavy atom. The predicted octanol–water partition coefficient (Wildman–Crippen LogP) is 1.16. The van der Waals surface area contributed by atoms with Crippen molar-refractivity contribution in [2.45, 2.75) is 25.8 Å². The van der Waals surface area contributed by atoms with Gasteiger partial charge in [0.1, 0.15) is 0 Å². The molecule has 1 heterocycles. The van der Waals surface area contributed by atoms with Gasteiger partial charge in [0.25, 0.3) is 0 Å². The molecule has 1 unspecified atom stereocenters. The van der Waals surface area contributed by atoms with E-state index in [4.69, 9.17) is 11.1 Å². The fraction of sp³-hybridized carbons (Fsp3) is 0.500. The maximum Gasteiger partial charge on any atom is 0.0926 e. The molecule has 0 fully saturated rings. The van der Waals surface area contributed by atoms with Gasteiger partial charge in [0.15, 0.2) is 0 Å². The van der Waals surface area contributed by atoms with Crippen LogP contribution in [0.25, 0.3) is 0 Å². The van der Waals surface area contributed by atoms with Gasteiger partial charge in [0.2, 0.25) is 0 Å². The van der Waals surface area contributed by atoms with Gasteiger partial charge in [0.05, 0.1) is 11.9 Å². The highest BCUT2D eigenvalue weighted by molar-refractivity contribution is 5.77. The number of rotatable bonds is 4. The van der Waals surface area contributed by atoms with E-state index in [9.17, 15) is 0 Å². The van der Waals surface area contributed by atoms with E-state index >= 15 is 0 Å². The third-order valence-electron chi connectivity index (χ3n) is 1.83. The van der Waals surface area contributed by atoms with E-state index in [2.05, 4.69) is 12.0 Å². The summed E-state index contributed by atoms with van der Waals surface area (Å²) in [5.74, 6) is 0.220. The maximum atomic E-state index is 7.17. The summed E-state index contributed by atoms with van der Waals surface area (Å²) in [6, 6.07) is 2.11. The monoisotopic (exact) mass is 166 g/mol. The molecule has 4 nitrogen and oxygen atoms in total. The predicted molar refractivity (Wildman–Crippen MR) is 48.1 cm³/mol. The van der Waals surface area contributed by atoms with Crippen LogP contribution in [0.3, 0.4) is 0 Å². The van der Waals surface area contributed by atoms with Crippen molar-refractivity contribution in [2.75, 3.05) is 0 Å². The molecule has 0 aliphatic rings. The van der Waals surface area contributed by atoms with Crippen LogP contribution >= 0.6 is 0 Å². The van der Waals surface area contributed by atoms with Gasteiger partial charge in [-0.1, -0.05) is 6.92 Å². The van der Waals surface area contributed by atoms with Crippen LogP contribution < -0.4 is 5.73 Å². The molecule has 0 bridgehead atoms. The zero-order chi connectivity index (χ0) is 8.97. The Morgan fingerprint density at radius 3 is 2.92 bits per heavy atom. The highest BCUT2D eigenvalue weighted by atomic mass is 15.3. The Bertz CT molecular complexity index is 240. The van der Waals surface area contributed by atoms with Crippen molar-refractivity contribution < 1.29 is 0 Å².